The molecule has 2 amide bonds. The average Bonchev–Trinajstić information content (AvgIpc) is 1.51. The van der Waals surface area contributed by atoms with Gasteiger partial charge in [-0.25, -0.2) is 26.3 Å². The van der Waals surface area contributed by atoms with E-state index in [1.165, 1.54) is 58.5 Å². The second-order valence-corrected chi connectivity index (χ2v) is 32.7. The van der Waals surface area contributed by atoms with Crippen LogP contribution in [0.2, 0.25) is 0 Å². The lowest BCUT2D eigenvalue weighted by molar-refractivity contribution is -0.159. The first-order valence-corrected chi connectivity index (χ1v) is 39.2. The molecular formula is C84H78Br3ClF6N6O16. The lowest BCUT2D eigenvalue weighted by Crippen LogP contribution is -2.52. The number of benzene rings is 6. The van der Waals surface area contributed by atoms with Crippen LogP contribution < -0.4 is 33.7 Å². The summed E-state index contributed by atoms with van der Waals surface area (Å²) < 4.78 is 119. The third-order valence-corrected chi connectivity index (χ3v) is 25.4. The van der Waals surface area contributed by atoms with E-state index in [1.807, 2.05) is 18.2 Å². The summed E-state index contributed by atoms with van der Waals surface area (Å²) in [4.78, 5) is 55.1. The van der Waals surface area contributed by atoms with Crippen LogP contribution in [-0.4, -0.2) is 175 Å². The van der Waals surface area contributed by atoms with Crippen LogP contribution in [0, 0.1) is 17.8 Å². The Morgan fingerprint density at radius 1 is 0.440 bits per heavy atom. The third-order valence-electron chi connectivity index (χ3n) is 23.8. The van der Waals surface area contributed by atoms with E-state index in [0.717, 1.165) is 23.2 Å². The summed E-state index contributed by atoms with van der Waals surface area (Å²) in [7, 11) is 4.24. The highest BCUT2D eigenvalue weighted by Gasteiger charge is 2.82. The number of carboxylic acids is 1. The number of rotatable bonds is 12. The van der Waals surface area contributed by atoms with E-state index >= 15 is 0 Å². The summed E-state index contributed by atoms with van der Waals surface area (Å²) in [6.45, 7) is -1.45. The number of amides is 2. The fourth-order valence-corrected chi connectivity index (χ4v) is 19.8. The first-order chi connectivity index (χ1) is 54.8. The van der Waals surface area contributed by atoms with E-state index in [-0.39, 0.29) is 89.6 Å². The Morgan fingerprint density at radius 3 is 0.974 bits per heavy atom. The standard InChI is InChI=1S/2C28H25BrF2N2O5.C24H20BrNO6.C4H7F2N.ClH/c2*1-37-19-13-32-14-20-23(19)27(36)24(34)21(25(35)33-12-11-26(30,31)15-33)22(16-5-3-2-4-6-16)28(27,38-20)17-7-9-18(29)10-8-17;1-31-16-11-26-12-17-20(16)23(30)21(27)18(22(28)29)19(13-5-3-2-4-6-13)24(23,32-17)14-7-9-15(25)10-8-14;5-4(6)1-2-7-3-4;/h2*2-10,13-14,21-22,24,34,36H,11-12,15H2,1H3;2-12,18-19,21,27,30H,1H3,(H,28,29);7H,1-3H2;1H/t2*21-,22-,24-,27+,28+;18-,19-,21-,23+,24+;;/m111../s1. The van der Waals surface area contributed by atoms with Crippen LogP contribution in [-0.2, 0) is 48.0 Å². The first kappa shape index (κ1) is 83.5. The van der Waals surface area contributed by atoms with Crippen molar-refractivity contribution in [2.75, 3.05) is 60.6 Å². The Kier molecular flexibility index (Phi) is 22.6. The van der Waals surface area contributed by atoms with Crippen LogP contribution in [0.1, 0.15) is 87.1 Å². The number of alkyl halides is 6. The molecule has 18 rings (SSSR count). The number of carboxylic acid groups (broad SMARTS) is 1. The summed E-state index contributed by atoms with van der Waals surface area (Å²) >= 11 is 10.3. The van der Waals surface area contributed by atoms with Gasteiger partial charge in [-0.15, -0.1) is 12.4 Å². The molecule has 0 bridgehead atoms. The van der Waals surface area contributed by atoms with Crippen molar-refractivity contribution < 1.29 is 105 Å². The molecule has 32 heteroatoms. The van der Waals surface area contributed by atoms with Crippen molar-refractivity contribution in [3.8, 4) is 34.5 Å². The molecule has 8 N–H and O–H groups in total. The largest absolute Gasteiger partial charge is 0.495 e. The third kappa shape index (κ3) is 13.1. The quantitative estimate of drug-likeness (QED) is 0.0527. The van der Waals surface area contributed by atoms with Gasteiger partial charge in [0.2, 0.25) is 11.8 Å². The molecule has 3 aliphatic carbocycles. The number of aliphatic hydroxyl groups is 6. The molecule has 610 valence electrons. The zero-order valence-corrected chi connectivity index (χ0v) is 67.5. The van der Waals surface area contributed by atoms with Crippen LogP contribution in [0.15, 0.2) is 214 Å². The minimum atomic E-state index is -3.02. The van der Waals surface area contributed by atoms with Gasteiger partial charge in [0.15, 0.2) is 33.6 Å². The Morgan fingerprint density at radius 2 is 0.733 bits per heavy atom. The summed E-state index contributed by atoms with van der Waals surface area (Å²) in [5, 5.41) is 86.0. The lowest BCUT2D eigenvalue weighted by Gasteiger charge is -2.40. The molecule has 9 aromatic rings. The van der Waals surface area contributed by atoms with Crippen LogP contribution in [0.4, 0.5) is 26.3 Å². The van der Waals surface area contributed by atoms with Gasteiger partial charge in [0.25, 0.3) is 17.8 Å². The Labute approximate surface area is 692 Å². The topological polar surface area (TPSA) is 305 Å². The number of fused-ring (bicyclic) bond motifs is 9. The molecular weight excluding hydrogens is 1740 g/mol. The normalized spacial score (nSPS) is 30.4. The number of carbonyl (C=O) groups is 3. The number of aliphatic hydroxyl groups excluding tert-OH is 3. The van der Waals surface area contributed by atoms with Crippen molar-refractivity contribution in [2.45, 2.75) is 107 Å². The highest BCUT2D eigenvalue weighted by atomic mass is 79.9. The molecule has 0 unspecified atom stereocenters. The summed E-state index contributed by atoms with van der Waals surface area (Å²) in [6, 6.07) is 48.0. The number of aliphatic carboxylic acids is 1. The van der Waals surface area contributed by atoms with Gasteiger partial charge in [-0.1, -0.05) is 175 Å². The van der Waals surface area contributed by atoms with Crippen molar-refractivity contribution in [1.29, 1.82) is 0 Å². The van der Waals surface area contributed by atoms with Gasteiger partial charge in [0.1, 0.15) is 52.8 Å². The van der Waals surface area contributed by atoms with Crippen LogP contribution >= 0.6 is 60.2 Å². The monoisotopic (exact) mass is 1810 g/mol. The molecule has 6 aromatic carbocycles. The summed E-state index contributed by atoms with van der Waals surface area (Å²) in [5.74, 6) is -16.6. The van der Waals surface area contributed by atoms with Crippen molar-refractivity contribution in [2.24, 2.45) is 17.8 Å². The second-order valence-electron chi connectivity index (χ2n) is 29.9. The molecule has 22 nitrogen and oxygen atoms in total. The maximum atomic E-state index is 14.2. The molecule has 3 saturated carbocycles. The molecule has 0 spiro atoms. The molecule has 9 heterocycles. The predicted molar refractivity (Wildman–Crippen MR) is 419 cm³/mol. The Hall–Kier alpha value is -8.99. The first-order valence-electron chi connectivity index (χ1n) is 36.8. The fourth-order valence-electron chi connectivity index (χ4n) is 19.0. The maximum absolute atomic E-state index is 14.2. The SMILES string of the molecule is COc1cncc2c1[C@]1(O)[C@H](O)[C@H](C(=O)N3CCC(F)(F)C3)[C@@H](c3ccccc3)[C@]1(c1ccc(Br)cc1)O2.COc1cncc2c1[C@]1(O)[C@H](O)[C@H](C(=O)N3CCC(F)(F)C3)[C@@H](c3ccccc3)[C@]1(c1ccc(Br)cc1)O2.COc1cncc2c1[C@]1(O)[C@H](O)[C@H](C(=O)O)[C@@H](c3ccccc3)[C@]1(c1ccc(Br)cc1)O2.Cl.FC1(F)CCNC1. The maximum Gasteiger partial charge on any atom is 0.310 e. The number of hydrogen-bond donors (Lipinski definition) is 8. The highest BCUT2D eigenvalue weighted by molar-refractivity contribution is 9.11. The number of nitrogens with zero attached hydrogens (tertiary/aromatic N) is 5. The number of hydrogen-bond acceptors (Lipinski definition) is 19. The molecule has 6 fully saturated rings. The molecule has 15 atom stereocenters. The minimum absolute atomic E-state index is 0. The lowest BCUT2D eigenvalue weighted by atomic mass is 9.70. The van der Waals surface area contributed by atoms with Crippen molar-refractivity contribution in [3.63, 3.8) is 0 Å². The van der Waals surface area contributed by atoms with Gasteiger partial charge < -0.3 is 79.3 Å². The van der Waals surface area contributed by atoms with Crippen LogP contribution in [0.5, 0.6) is 34.5 Å². The predicted octanol–water partition coefficient (Wildman–Crippen LogP) is 12.2. The summed E-state index contributed by atoms with van der Waals surface area (Å²) in [6.07, 6.45) is 2.47. The van der Waals surface area contributed by atoms with Crippen molar-refractivity contribution in [1.82, 2.24) is 30.1 Å². The van der Waals surface area contributed by atoms with E-state index in [4.69, 9.17) is 28.4 Å². The number of aromatic nitrogens is 3. The molecule has 9 aliphatic rings. The highest BCUT2D eigenvalue weighted by Crippen LogP contribution is 2.73. The van der Waals surface area contributed by atoms with E-state index < -0.39 is 149 Å². The molecule has 6 aliphatic heterocycles. The van der Waals surface area contributed by atoms with Gasteiger partial charge in [0, 0.05) is 70.1 Å². The van der Waals surface area contributed by atoms with E-state index in [2.05, 4.69) is 68.1 Å². The molecule has 3 aromatic heterocycles. The number of halogens is 10. The fraction of sp³-hybridized carbons (Fsp3) is 0.357. The number of likely N-dealkylation sites (tertiary alicyclic amines) is 2. The number of ether oxygens (including phenoxy) is 6. The zero-order valence-electron chi connectivity index (χ0n) is 62.0. The van der Waals surface area contributed by atoms with Crippen LogP contribution in [0.3, 0.4) is 0 Å². The molecule has 116 heavy (non-hydrogen) atoms. The summed E-state index contributed by atoms with van der Waals surface area (Å²) in [5.41, 5.74) is -7.69. The average molecular weight is 1820 g/mol. The van der Waals surface area contributed by atoms with Gasteiger partial charge in [-0.2, -0.15) is 0 Å². The van der Waals surface area contributed by atoms with Gasteiger partial charge in [0.05, 0.1) is 113 Å². The van der Waals surface area contributed by atoms with Crippen LogP contribution in [0.25, 0.3) is 0 Å². The zero-order chi connectivity index (χ0) is 81.7. The van der Waals surface area contributed by atoms with E-state index in [9.17, 15) is 76.5 Å². The second kappa shape index (κ2) is 31.4. The number of methoxy groups -OCH3 is 3. The van der Waals surface area contributed by atoms with E-state index in [1.54, 1.807) is 146 Å². The minimum Gasteiger partial charge on any atom is -0.495 e. The smallest absolute Gasteiger partial charge is 0.310 e. The number of carbonyl (C=O) groups excluding carboxylic acids is 2. The Balaban J connectivity index is 0.000000137. The number of nitrogens with one attached hydrogen (secondary N) is 1. The molecule has 3 saturated heterocycles. The number of pyridine rings is 3. The van der Waals surface area contributed by atoms with Crippen molar-refractivity contribution >= 4 is 78.0 Å². The van der Waals surface area contributed by atoms with Gasteiger partial charge in [-0.05, 0) is 69.8 Å². The van der Waals surface area contributed by atoms with E-state index in [0.29, 0.717) is 39.9 Å². The van der Waals surface area contributed by atoms with Crippen molar-refractivity contribution in [3.05, 3.63) is 264 Å². The molecule has 0 radical (unpaired) electrons. The van der Waals surface area contributed by atoms with Gasteiger partial charge in [-0.3, -0.25) is 29.3 Å². The van der Waals surface area contributed by atoms with Gasteiger partial charge >= 0.3 is 5.97 Å². The Bertz CT molecular complexity index is 4940.